The summed E-state index contributed by atoms with van der Waals surface area (Å²) in [5.41, 5.74) is -0.152. The molecule has 30 heavy (non-hydrogen) atoms. The average molecular weight is 410 g/mol. The van der Waals surface area contributed by atoms with E-state index in [1.54, 1.807) is 18.2 Å². The lowest BCUT2D eigenvalue weighted by Gasteiger charge is -2.14. The molecule has 2 heterocycles. The van der Waals surface area contributed by atoms with Crippen LogP contribution < -0.4 is 16.6 Å². The van der Waals surface area contributed by atoms with Gasteiger partial charge in [-0.25, -0.2) is 9.78 Å². The van der Waals surface area contributed by atoms with E-state index in [-0.39, 0.29) is 17.7 Å². The Balaban J connectivity index is 1.72. The summed E-state index contributed by atoms with van der Waals surface area (Å²) in [6.45, 7) is 1.03. The number of hydrogen-bond acceptors (Lipinski definition) is 7. The van der Waals surface area contributed by atoms with E-state index in [0.29, 0.717) is 11.3 Å². The van der Waals surface area contributed by atoms with Crippen molar-refractivity contribution in [2.75, 3.05) is 5.32 Å². The lowest BCUT2D eigenvalue weighted by molar-refractivity contribution is -0.153. The molecule has 0 aliphatic carbocycles. The highest BCUT2D eigenvalue weighted by Crippen LogP contribution is 2.11. The zero-order valence-electron chi connectivity index (χ0n) is 16.4. The summed E-state index contributed by atoms with van der Waals surface area (Å²) in [4.78, 5) is 52.9. The van der Waals surface area contributed by atoms with Crippen LogP contribution in [0.1, 0.15) is 12.5 Å². The number of amides is 1. The fourth-order valence-corrected chi connectivity index (χ4v) is 2.85. The minimum absolute atomic E-state index is 0.0713. The Bertz CT molecular complexity index is 1310. The molecular formula is C19H18N6O5. The number of fused-ring (bicyclic) bond motifs is 1. The Hall–Kier alpha value is -4.20. The molecule has 11 nitrogen and oxygen atoms in total. The monoisotopic (exact) mass is 410 g/mol. The summed E-state index contributed by atoms with van der Waals surface area (Å²) in [5.74, 6) is -1.34. The maximum Gasteiger partial charge on any atom is 0.332 e. The number of benzene rings is 1. The van der Waals surface area contributed by atoms with Crippen molar-refractivity contribution in [2.45, 2.75) is 19.6 Å². The van der Waals surface area contributed by atoms with E-state index in [2.05, 4.69) is 10.3 Å². The maximum atomic E-state index is 12.4. The molecule has 0 bridgehead atoms. The molecule has 0 saturated heterocycles. The zero-order chi connectivity index (χ0) is 22.0. The molecule has 3 rings (SSSR count). The van der Waals surface area contributed by atoms with Crippen LogP contribution >= 0.6 is 0 Å². The second-order valence-corrected chi connectivity index (χ2v) is 6.56. The van der Waals surface area contributed by atoms with Crippen LogP contribution in [0.3, 0.4) is 0 Å². The average Bonchev–Trinajstić information content (AvgIpc) is 3.14. The summed E-state index contributed by atoms with van der Waals surface area (Å²) in [6, 6.07) is 8.26. The van der Waals surface area contributed by atoms with Gasteiger partial charge in [-0.15, -0.1) is 0 Å². The molecule has 0 saturated carbocycles. The van der Waals surface area contributed by atoms with Crippen molar-refractivity contribution in [2.24, 2.45) is 14.1 Å². The smallest absolute Gasteiger partial charge is 0.332 e. The molecule has 154 valence electrons. The molecule has 1 atom stereocenters. The number of rotatable bonds is 5. The Labute approximate surface area is 169 Å². The van der Waals surface area contributed by atoms with Crippen molar-refractivity contribution < 1.29 is 14.3 Å². The summed E-state index contributed by atoms with van der Waals surface area (Å²) in [7, 11) is 2.79. The van der Waals surface area contributed by atoms with Crippen molar-refractivity contribution in [3.63, 3.8) is 0 Å². The quantitative estimate of drug-likeness (QED) is 0.578. The number of aromatic nitrogens is 4. The van der Waals surface area contributed by atoms with Gasteiger partial charge in [0, 0.05) is 19.8 Å². The highest BCUT2D eigenvalue weighted by molar-refractivity contribution is 5.95. The normalized spacial score (nSPS) is 11.7. The molecule has 3 aromatic rings. The number of nitrogens with zero attached hydrogens (tertiary/aromatic N) is 5. The second-order valence-electron chi connectivity index (χ2n) is 6.56. The number of esters is 1. The fraction of sp³-hybridized carbons (Fsp3) is 0.263. The number of aryl methyl sites for hydroxylation is 1. The van der Waals surface area contributed by atoms with E-state index in [9.17, 15) is 19.2 Å². The Morgan fingerprint density at radius 1 is 1.27 bits per heavy atom. The molecule has 0 aliphatic heterocycles. The Morgan fingerprint density at radius 2 is 2.00 bits per heavy atom. The third-order valence-corrected chi connectivity index (χ3v) is 4.45. The van der Waals surface area contributed by atoms with E-state index < -0.39 is 29.2 Å². The zero-order valence-corrected chi connectivity index (χ0v) is 16.4. The van der Waals surface area contributed by atoms with E-state index in [1.807, 2.05) is 6.07 Å². The predicted molar refractivity (Wildman–Crippen MR) is 106 cm³/mol. The SMILES string of the molecule is C[C@@H](OC(=O)Cn1cnc2c1c(=O)n(C)c(=O)n2C)C(=O)Nc1cccc(C#N)c1. The van der Waals surface area contributed by atoms with E-state index >= 15 is 0 Å². The lowest BCUT2D eigenvalue weighted by Crippen LogP contribution is -2.38. The number of ether oxygens (including phenoxy) is 1. The predicted octanol–water partition coefficient (Wildman–Crippen LogP) is -0.124. The molecule has 0 spiro atoms. The summed E-state index contributed by atoms with van der Waals surface area (Å²) < 4.78 is 8.52. The van der Waals surface area contributed by atoms with Crippen molar-refractivity contribution >= 4 is 28.7 Å². The van der Waals surface area contributed by atoms with E-state index in [4.69, 9.17) is 10.00 Å². The number of carbonyl (C=O) groups excluding carboxylic acids is 2. The van der Waals surface area contributed by atoms with Crippen LogP contribution in [0, 0.1) is 11.3 Å². The van der Waals surface area contributed by atoms with Crippen molar-refractivity contribution in [3.05, 3.63) is 57.0 Å². The molecule has 2 aromatic heterocycles. The van der Waals surface area contributed by atoms with E-state index in [1.165, 1.54) is 42.5 Å². The van der Waals surface area contributed by atoms with Crippen molar-refractivity contribution in [3.8, 4) is 6.07 Å². The Kier molecular flexibility index (Phi) is 5.50. The van der Waals surface area contributed by atoms with E-state index in [0.717, 1.165) is 4.57 Å². The van der Waals surface area contributed by atoms with Gasteiger partial charge in [-0.05, 0) is 25.1 Å². The van der Waals surface area contributed by atoms with Gasteiger partial charge in [0.05, 0.1) is 18.0 Å². The Morgan fingerprint density at radius 3 is 2.70 bits per heavy atom. The van der Waals surface area contributed by atoms with Crippen LogP contribution in [-0.4, -0.2) is 36.7 Å². The van der Waals surface area contributed by atoms with Gasteiger partial charge in [-0.1, -0.05) is 6.07 Å². The maximum absolute atomic E-state index is 12.4. The number of carbonyl (C=O) groups is 2. The van der Waals surface area contributed by atoms with Gasteiger partial charge < -0.3 is 14.6 Å². The third kappa shape index (κ3) is 3.83. The van der Waals surface area contributed by atoms with Crippen LogP contribution in [0.25, 0.3) is 11.2 Å². The topological polar surface area (TPSA) is 141 Å². The largest absolute Gasteiger partial charge is 0.451 e. The van der Waals surface area contributed by atoms with Crippen LogP contribution in [0.4, 0.5) is 5.69 Å². The number of imidazole rings is 1. The minimum atomic E-state index is -1.12. The fourth-order valence-electron chi connectivity index (χ4n) is 2.85. The standard InChI is InChI=1S/C19H18N6O5/c1-11(17(27)22-13-6-4-5-12(7-13)8-20)30-14(26)9-25-10-21-16-15(25)18(28)24(3)19(29)23(16)2/h4-7,10-11H,9H2,1-3H3,(H,22,27)/t11-/m1/s1. The van der Waals surface area contributed by atoms with Gasteiger partial charge in [0.2, 0.25) is 0 Å². The summed E-state index contributed by atoms with van der Waals surface area (Å²) >= 11 is 0. The van der Waals surface area contributed by atoms with Crippen LogP contribution in [0.2, 0.25) is 0 Å². The molecule has 1 aromatic carbocycles. The number of anilines is 1. The first-order chi connectivity index (χ1) is 14.2. The number of nitriles is 1. The number of hydrogen-bond donors (Lipinski definition) is 1. The van der Waals surface area contributed by atoms with Crippen LogP contribution in [0.15, 0.2) is 40.2 Å². The molecule has 0 radical (unpaired) electrons. The first kappa shape index (κ1) is 20.5. The van der Waals surface area contributed by atoms with Gasteiger partial charge in [0.25, 0.3) is 11.5 Å². The van der Waals surface area contributed by atoms with Gasteiger partial charge in [0.1, 0.15) is 6.54 Å². The lowest BCUT2D eigenvalue weighted by atomic mass is 10.2. The highest BCUT2D eigenvalue weighted by Gasteiger charge is 2.21. The molecule has 0 fully saturated rings. The van der Waals surface area contributed by atoms with Crippen molar-refractivity contribution in [1.82, 2.24) is 18.7 Å². The van der Waals surface area contributed by atoms with Gasteiger partial charge >= 0.3 is 11.7 Å². The van der Waals surface area contributed by atoms with Gasteiger partial charge in [-0.3, -0.25) is 23.5 Å². The number of nitrogens with one attached hydrogen (secondary N) is 1. The van der Waals surface area contributed by atoms with Gasteiger partial charge in [-0.2, -0.15) is 5.26 Å². The summed E-state index contributed by atoms with van der Waals surface area (Å²) in [6.07, 6.45) is 0.135. The van der Waals surface area contributed by atoms with Crippen molar-refractivity contribution in [1.29, 1.82) is 5.26 Å². The molecule has 0 aliphatic rings. The third-order valence-electron chi connectivity index (χ3n) is 4.45. The van der Waals surface area contributed by atoms with Crippen LogP contribution in [0.5, 0.6) is 0 Å². The minimum Gasteiger partial charge on any atom is -0.451 e. The van der Waals surface area contributed by atoms with Gasteiger partial charge in [0.15, 0.2) is 17.3 Å². The molecule has 11 heteroatoms. The first-order valence-corrected chi connectivity index (χ1v) is 8.84. The highest BCUT2D eigenvalue weighted by atomic mass is 16.5. The summed E-state index contributed by atoms with van der Waals surface area (Å²) in [5, 5.41) is 11.5. The molecule has 1 N–H and O–H groups in total. The first-order valence-electron chi connectivity index (χ1n) is 8.84. The molecule has 0 unspecified atom stereocenters. The molecule has 1 amide bonds. The second kappa shape index (κ2) is 8.04. The van der Waals surface area contributed by atoms with Crippen LogP contribution in [-0.2, 0) is 35.0 Å². The molecular weight excluding hydrogens is 392 g/mol.